The summed E-state index contributed by atoms with van der Waals surface area (Å²) in [6.07, 6.45) is 1.65. The number of nitrogens with zero attached hydrogens (tertiary/aromatic N) is 1. The lowest BCUT2D eigenvalue weighted by Gasteiger charge is -2.13. The lowest BCUT2D eigenvalue weighted by molar-refractivity contribution is 0.102. The second-order valence-corrected chi connectivity index (χ2v) is 6.38. The molecule has 3 rings (SSSR count). The molecule has 0 aliphatic rings. The van der Waals surface area contributed by atoms with Crippen LogP contribution in [0.15, 0.2) is 54.7 Å². The molecule has 0 radical (unpaired) electrons. The highest BCUT2D eigenvalue weighted by Crippen LogP contribution is 2.31. The van der Waals surface area contributed by atoms with Gasteiger partial charge in [-0.1, -0.05) is 6.07 Å². The Hall–Kier alpha value is -3.54. The first kappa shape index (κ1) is 19.2. The molecule has 0 aliphatic carbocycles. The molecule has 0 atom stereocenters. The van der Waals surface area contributed by atoms with Crippen LogP contribution in [0.3, 0.4) is 0 Å². The number of aromatic nitrogens is 1. The number of pyridine rings is 1. The molecule has 2 aromatic carbocycles. The van der Waals surface area contributed by atoms with Crippen molar-refractivity contribution < 1.29 is 14.3 Å². The van der Waals surface area contributed by atoms with Crippen LogP contribution in [0.1, 0.15) is 21.5 Å². The third kappa shape index (κ3) is 4.40. The molecule has 0 saturated heterocycles. The summed E-state index contributed by atoms with van der Waals surface area (Å²) >= 11 is 0. The predicted octanol–water partition coefficient (Wildman–Crippen LogP) is 4.71. The number of ether oxygens (including phenoxy) is 2. The molecule has 0 unspecified atom stereocenters. The van der Waals surface area contributed by atoms with Gasteiger partial charge in [0, 0.05) is 11.6 Å². The number of hydrogen-bond donors (Lipinski definition) is 2. The first-order valence-corrected chi connectivity index (χ1v) is 8.84. The summed E-state index contributed by atoms with van der Waals surface area (Å²) < 4.78 is 10.6. The lowest BCUT2D eigenvalue weighted by atomic mass is 10.1. The number of aryl methyl sites for hydroxylation is 2. The van der Waals surface area contributed by atoms with Crippen LogP contribution < -0.4 is 20.1 Å². The van der Waals surface area contributed by atoms with Crippen LogP contribution >= 0.6 is 0 Å². The normalized spacial score (nSPS) is 10.3. The van der Waals surface area contributed by atoms with Crippen molar-refractivity contribution in [3.8, 4) is 11.5 Å². The molecule has 0 saturated carbocycles. The van der Waals surface area contributed by atoms with Gasteiger partial charge in [-0.05, 0) is 61.4 Å². The van der Waals surface area contributed by atoms with E-state index in [1.54, 1.807) is 26.5 Å². The second-order valence-electron chi connectivity index (χ2n) is 6.38. The minimum Gasteiger partial charge on any atom is -0.497 e. The molecule has 1 amide bonds. The Balaban J connectivity index is 1.71. The first-order valence-electron chi connectivity index (χ1n) is 8.84. The molecule has 3 aromatic rings. The molecule has 0 bridgehead atoms. The van der Waals surface area contributed by atoms with E-state index >= 15 is 0 Å². The van der Waals surface area contributed by atoms with Crippen LogP contribution in [0.2, 0.25) is 0 Å². The minimum absolute atomic E-state index is 0.189. The summed E-state index contributed by atoms with van der Waals surface area (Å²) in [5.41, 5.74) is 4.35. The van der Waals surface area contributed by atoms with Gasteiger partial charge in [-0.15, -0.1) is 0 Å². The summed E-state index contributed by atoms with van der Waals surface area (Å²) in [6, 6.07) is 14.7. The predicted molar refractivity (Wildman–Crippen MR) is 111 cm³/mol. The fourth-order valence-electron chi connectivity index (χ4n) is 2.68. The standard InChI is InChI=1S/C22H23N3O3/c1-14-5-6-16(11-15(14)2)22(26)25-21-10-7-17(13-23-21)24-19-12-18(27-3)8-9-20(19)28-4/h5-13,24H,1-4H3,(H,23,25,26). The second kappa shape index (κ2) is 8.43. The molecule has 6 heteroatoms. The molecule has 0 aliphatic heterocycles. The molecular weight excluding hydrogens is 354 g/mol. The van der Waals surface area contributed by atoms with Crippen LogP contribution in [0, 0.1) is 13.8 Å². The summed E-state index contributed by atoms with van der Waals surface area (Å²) in [5, 5.41) is 6.06. The third-order valence-corrected chi connectivity index (χ3v) is 4.46. The van der Waals surface area contributed by atoms with Crippen molar-refractivity contribution in [3.63, 3.8) is 0 Å². The van der Waals surface area contributed by atoms with Crippen LogP contribution in [0.25, 0.3) is 0 Å². The Bertz CT molecular complexity index is 985. The van der Waals surface area contributed by atoms with E-state index in [1.807, 2.05) is 56.3 Å². The number of carbonyl (C=O) groups excluding carboxylic acids is 1. The summed E-state index contributed by atoms with van der Waals surface area (Å²) in [5.74, 6) is 1.69. The minimum atomic E-state index is -0.189. The van der Waals surface area contributed by atoms with Crippen molar-refractivity contribution in [3.05, 3.63) is 71.4 Å². The molecule has 28 heavy (non-hydrogen) atoms. The van der Waals surface area contributed by atoms with Crippen LogP contribution in [-0.2, 0) is 0 Å². The Kier molecular flexibility index (Phi) is 5.79. The molecule has 0 spiro atoms. The quantitative estimate of drug-likeness (QED) is 0.651. The molecular formula is C22H23N3O3. The number of anilines is 3. The molecule has 1 aromatic heterocycles. The fourth-order valence-corrected chi connectivity index (χ4v) is 2.68. The number of rotatable bonds is 6. The van der Waals surface area contributed by atoms with Crippen molar-refractivity contribution in [2.45, 2.75) is 13.8 Å². The highest BCUT2D eigenvalue weighted by atomic mass is 16.5. The summed E-state index contributed by atoms with van der Waals surface area (Å²) in [4.78, 5) is 16.7. The van der Waals surface area contributed by atoms with Gasteiger partial charge in [-0.2, -0.15) is 0 Å². The van der Waals surface area contributed by atoms with Gasteiger partial charge in [-0.3, -0.25) is 4.79 Å². The van der Waals surface area contributed by atoms with Crippen LogP contribution in [-0.4, -0.2) is 25.1 Å². The topological polar surface area (TPSA) is 72.5 Å². The van der Waals surface area contributed by atoms with E-state index in [0.29, 0.717) is 22.9 Å². The zero-order chi connectivity index (χ0) is 20.1. The average molecular weight is 377 g/mol. The lowest BCUT2D eigenvalue weighted by Crippen LogP contribution is -2.13. The monoisotopic (exact) mass is 377 g/mol. The highest BCUT2D eigenvalue weighted by molar-refractivity contribution is 6.04. The molecule has 1 heterocycles. The van der Waals surface area contributed by atoms with Gasteiger partial charge >= 0.3 is 0 Å². The van der Waals surface area contributed by atoms with Crippen LogP contribution in [0.5, 0.6) is 11.5 Å². The van der Waals surface area contributed by atoms with E-state index in [2.05, 4.69) is 15.6 Å². The van der Waals surface area contributed by atoms with E-state index in [0.717, 1.165) is 22.5 Å². The molecule has 0 fully saturated rings. The van der Waals surface area contributed by atoms with Crippen LogP contribution in [0.4, 0.5) is 17.2 Å². The Morgan fingerprint density at radius 1 is 0.929 bits per heavy atom. The van der Waals surface area contributed by atoms with E-state index in [9.17, 15) is 4.79 Å². The van der Waals surface area contributed by atoms with E-state index in [4.69, 9.17) is 9.47 Å². The number of hydrogen-bond acceptors (Lipinski definition) is 5. The first-order chi connectivity index (χ1) is 13.5. The number of amides is 1. The zero-order valence-corrected chi connectivity index (χ0v) is 16.4. The summed E-state index contributed by atoms with van der Waals surface area (Å²) in [6.45, 7) is 4.00. The molecule has 144 valence electrons. The largest absolute Gasteiger partial charge is 0.497 e. The SMILES string of the molecule is COc1ccc(OC)c(Nc2ccc(NC(=O)c3ccc(C)c(C)c3)nc2)c1. The zero-order valence-electron chi connectivity index (χ0n) is 16.4. The van der Waals surface area contributed by atoms with E-state index < -0.39 is 0 Å². The molecule has 2 N–H and O–H groups in total. The average Bonchev–Trinajstić information content (AvgIpc) is 2.71. The Morgan fingerprint density at radius 2 is 1.75 bits per heavy atom. The number of benzene rings is 2. The maximum Gasteiger partial charge on any atom is 0.256 e. The van der Waals surface area contributed by atoms with Crippen molar-refractivity contribution in [1.82, 2.24) is 4.98 Å². The van der Waals surface area contributed by atoms with Gasteiger partial charge in [-0.25, -0.2) is 4.98 Å². The maximum absolute atomic E-state index is 12.4. The van der Waals surface area contributed by atoms with Crippen molar-refractivity contribution in [2.24, 2.45) is 0 Å². The van der Waals surface area contributed by atoms with Gasteiger partial charge in [0.15, 0.2) is 0 Å². The fraction of sp³-hybridized carbons (Fsp3) is 0.182. The Morgan fingerprint density at radius 3 is 2.39 bits per heavy atom. The van der Waals surface area contributed by atoms with Gasteiger partial charge < -0.3 is 20.1 Å². The maximum atomic E-state index is 12.4. The number of nitrogens with one attached hydrogen (secondary N) is 2. The van der Waals surface area contributed by atoms with Crippen molar-refractivity contribution >= 4 is 23.1 Å². The van der Waals surface area contributed by atoms with Gasteiger partial charge in [0.05, 0.1) is 31.8 Å². The van der Waals surface area contributed by atoms with Gasteiger partial charge in [0.2, 0.25) is 0 Å². The molecule has 6 nitrogen and oxygen atoms in total. The van der Waals surface area contributed by atoms with E-state index in [-0.39, 0.29) is 5.91 Å². The third-order valence-electron chi connectivity index (χ3n) is 4.46. The highest BCUT2D eigenvalue weighted by Gasteiger charge is 2.09. The Labute approximate surface area is 164 Å². The smallest absolute Gasteiger partial charge is 0.256 e. The van der Waals surface area contributed by atoms with Gasteiger partial charge in [0.1, 0.15) is 17.3 Å². The van der Waals surface area contributed by atoms with Crippen molar-refractivity contribution in [2.75, 3.05) is 24.9 Å². The van der Waals surface area contributed by atoms with Gasteiger partial charge in [0.25, 0.3) is 5.91 Å². The van der Waals surface area contributed by atoms with Crippen molar-refractivity contribution in [1.29, 1.82) is 0 Å². The van der Waals surface area contributed by atoms with E-state index in [1.165, 1.54) is 0 Å². The summed E-state index contributed by atoms with van der Waals surface area (Å²) in [7, 11) is 3.22. The number of carbonyl (C=O) groups is 1. The number of methoxy groups -OCH3 is 2.